The number of carbonyl (C=O) groups is 1. The predicted octanol–water partition coefficient (Wildman–Crippen LogP) is 1.94. The largest absolute Gasteiger partial charge is 0.370 e. The lowest BCUT2D eigenvalue weighted by atomic mass is 9.93. The van der Waals surface area contributed by atoms with Crippen LogP contribution >= 0.6 is 0 Å². The summed E-state index contributed by atoms with van der Waals surface area (Å²) in [4.78, 5) is 23.9. The molecule has 3 rings (SSSR count). The Hall–Kier alpha value is -2.51. The Bertz CT molecular complexity index is 703. The third-order valence-corrected chi connectivity index (χ3v) is 3.98. The van der Waals surface area contributed by atoms with Gasteiger partial charge in [-0.3, -0.25) is 14.9 Å². The van der Waals surface area contributed by atoms with Gasteiger partial charge in [0.2, 0.25) is 5.52 Å². The number of hydrogen-bond donors (Lipinski definition) is 0. The standard InChI is InChI=1S/C13H14N4O4/c1-8(18)9-4-6-16(7-5-9)10-2-3-11(17(19)20)13-12(10)14-21-15-13/h2-3,9H,4-7H2,1H3. The van der Waals surface area contributed by atoms with E-state index in [0.29, 0.717) is 18.6 Å². The van der Waals surface area contributed by atoms with E-state index in [1.165, 1.54) is 6.07 Å². The molecule has 0 bridgehead atoms. The van der Waals surface area contributed by atoms with Gasteiger partial charge in [0.1, 0.15) is 5.78 Å². The van der Waals surface area contributed by atoms with Gasteiger partial charge in [0.25, 0.3) is 0 Å². The molecular weight excluding hydrogens is 276 g/mol. The number of Topliss-reactive ketones (excluding diaryl/α,β-unsaturated/α-hetero) is 1. The molecule has 2 aromatic rings. The van der Waals surface area contributed by atoms with Crippen LogP contribution in [0.4, 0.5) is 11.4 Å². The monoisotopic (exact) mass is 290 g/mol. The van der Waals surface area contributed by atoms with Gasteiger partial charge in [0.15, 0.2) is 5.52 Å². The maximum absolute atomic E-state index is 11.4. The fourth-order valence-electron chi connectivity index (χ4n) is 2.77. The zero-order valence-electron chi connectivity index (χ0n) is 11.5. The number of fused-ring (bicyclic) bond motifs is 1. The number of ketones is 1. The summed E-state index contributed by atoms with van der Waals surface area (Å²) in [6.45, 7) is 3.04. The molecule has 2 heterocycles. The SMILES string of the molecule is CC(=O)C1CCN(c2ccc([N+](=O)[O-])c3nonc23)CC1. The molecule has 0 saturated carbocycles. The number of nitro groups is 1. The molecule has 1 fully saturated rings. The smallest absolute Gasteiger partial charge is 0.300 e. The molecule has 1 aliphatic rings. The summed E-state index contributed by atoms with van der Waals surface area (Å²) >= 11 is 0. The molecule has 0 spiro atoms. The highest BCUT2D eigenvalue weighted by molar-refractivity contribution is 5.94. The van der Waals surface area contributed by atoms with E-state index in [4.69, 9.17) is 0 Å². The zero-order valence-corrected chi connectivity index (χ0v) is 11.5. The number of non-ortho nitro benzene ring substituents is 1. The molecule has 21 heavy (non-hydrogen) atoms. The lowest BCUT2D eigenvalue weighted by Gasteiger charge is -2.32. The maximum Gasteiger partial charge on any atom is 0.300 e. The lowest BCUT2D eigenvalue weighted by molar-refractivity contribution is -0.383. The average molecular weight is 290 g/mol. The van der Waals surface area contributed by atoms with Crippen LogP contribution in [0.25, 0.3) is 11.0 Å². The molecule has 0 atom stereocenters. The lowest BCUT2D eigenvalue weighted by Crippen LogP contribution is -2.35. The van der Waals surface area contributed by atoms with Gasteiger partial charge in [-0.1, -0.05) is 0 Å². The third kappa shape index (κ3) is 2.32. The number of nitrogens with zero attached hydrogens (tertiary/aromatic N) is 4. The number of hydrogen-bond acceptors (Lipinski definition) is 7. The minimum Gasteiger partial charge on any atom is -0.370 e. The number of anilines is 1. The van der Waals surface area contributed by atoms with Gasteiger partial charge >= 0.3 is 5.69 Å². The molecule has 8 heteroatoms. The van der Waals surface area contributed by atoms with Crippen molar-refractivity contribution in [1.82, 2.24) is 10.3 Å². The van der Waals surface area contributed by atoms with E-state index in [1.54, 1.807) is 13.0 Å². The molecule has 0 N–H and O–H groups in total. The van der Waals surface area contributed by atoms with Crippen LogP contribution in [0.2, 0.25) is 0 Å². The van der Waals surface area contributed by atoms with Crippen molar-refractivity contribution in [3.05, 3.63) is 22.2 Å². The highest BCUT2D eigenvalue weighted by atomic mass is 16.6. The normalized spacial score (nSPS) is 16.3. The summed E-state index contributed by atoms with van der Waals surface area (Å²) in [6, 6.07) is 3.08. The van der Waals surface area contributed by atoms with E-state index in [0.717, 1.165) is 18.5 Å². The first-order chi connectivity index (χ1) is 10.1. The number of aromatic nitrogens is 2. The van der Waals surface area contributed by atoms with E-state index >= 15 is 0 Å². The van der Waals surface area contributed by atoms with E-state index in [-0.39, 0.29) is 22.9 Å². The summed E-state index contributed by atoms with van der Waals surface area (Å²) in [5, 5.41) is 18.4. The molecule has 0 aliphatic carbocycles. The van der Waals surface area contributed by atoms with Crippen molar-refractivity contribution in [2.45, 2.75) is 19.8 Å². The van der Waals surface area contributed by atoms with Gasteiger partial charge in [-0.2, -0.15) is 0 Å². The third-order valence-electron chi connectivity index (χ3n) is 3.98. The van der Waals surface area contributed by atoms with Crippen LogP contribution < -0.4 is 4.90 Å². The van der Waals surface area contributed by atoms with Crippen LogP contribution in [0, 0.1) is 16.0 Å². The molecule has 0 amide bonds. The van der Waals surface area contributed by atoms with Crippen molar-refractivity contribution in [3.8, 4) is 0 Å². The topological polar surface area (TPSA) is 102 Å². The Morgan fingerprint density at radius 1 is 1.33 bits per heavy atom. The number of carbonyl (C=O) groups excluding carboxylic acids is 1. The van der Waals surface area contributed by atoms with Crippen molar-refractivity contribution in [2.75, 3.05) is 18.0 Å². The first kappa shape index (κ1) is 13.5. The Balaban J connectivity index is 1.92. The van der Waals surface area contributed by atoms with E-state index in [2.05, 4.69) is 19.8 Å². The molecule has 8 nitrogen and oxygen atoms in total. The second-order valence-corrected chi connectivity index (χ2v) is 5.19. The summed E-state index contributed by atoms with van der Waals surface area (Å²) in [5.41, 5.74) is 1.20. The molecule has 0 radical (unpaired) electrons. The number of rotatable bonds is 3. The molecule has 1 aliphatic heterocycles. The van der Waals surface area contributed by atoms with Gasteiger partial charge in [-0.15, -0.1) is 0 Å². The summed E-state index contributed by atoms with van der Waals surface area (Å²) in [7, 11) is 0. The van der Waals surface area contributed by atoms with Crippen LogP contribution in [0.1, 0.15) is 19.8 Å². The fourth-order valence-corrected chi connectivity index (χ4v) is 2.77. The summed E-state index contributed by atoms with van der Waals surface area (Å²) in [5.74, 6) is 0.317. The Morgan fingerprint density at radius 2 is 2.00 bits per heavy atom. The zero-order chi connectivity index (χ0) is 15.0. The van der Waals surface area contributed by atoms with Crippen molar-refractivity contribution < 1.29 is 14.3 Å². The number of benzene rings is 1. The van der Waals surface area contributed by atoms with Crippen molar-refractivity contribution >= 4 is 28.2 Å². The van der Waals surface area contributed by atoms with Gasteiger partial charge in [0, 0.05) is 25.1 Å². The second kappa shape index (κ2) is 5.12. The Morgan fingerprint density at radius 3 is 2.62 bits per heavy atom. The molecule has 1 aromatic carbocycles. The van der Waals surface area contributed by atoms with E-state index in [1.807, 2.05) is 0 Å². The van der Waals surface area contributed by atoms with Crippen molar-refractivity contribution in [3.63, 3.8) is 0 Å². The van der Waals surface area contributed by atoms with Gasteiger partial charge in [0.05, 0.1) is 10.6 Å². The molecule has 1 saturated heterocycles. The first-order valence-corrected chi connectivity index (χ1v) is 6.73. The van der Waals surface area contributed by atoms with E-state index < -0.39 is 4.92 Å². The van der Waals surface area contributed by atoms with Crippen molar-refractivity contribution in [1.29, 1.82) is 0 Å². The Labute approximate surface area is 119 Å². The van der Waals surface area contributed by atoms with Crippen molar-refractivity contribution in [2.24, 2.45) is 5.92 Å². The fraction of sp³-hybridized carbons (Fsp3) is 0.462. The van der Waals surface area contributed by atoms with Gasteiger partial charge < -0.3 is 4.90 Å². The van der Waals surface area contributed by atoms with Crippen LogP contribution in [-0.4, -0.2) is 34.1 Å². The molecular formula is C13H14N4O4. The van der Waals surface area contributed by atoms with E-state index in [9.17, 15) is 14.9 Å². The highest BCUT2D eigenvalue weighted by Gasteiger charge is 2.26. The minimum atomic E-state index is -0.502. The number of piperidine rings is 1. The summed E-state index contributed by atoms with van der Waals surface area (Å²) in [6.07, 6.45) is 1.55. The number of nitro benzene ring substituents is 1. The van der Waals surface area contributed by atoms with Crippen LogP contribution in [0.5, 0.6) is 0 Å². The van der Waals surface area contributed by atoms with Crippen LogP contribution in [0.3, 0.4) is 0 Å². The Kier molecular flexibility index (Phi) is 3.28. The second-order valence-electron chi connectivity index (χ2n) is 5.19. The average Bonchev–Trinajstić information content (AvgIpc) is 2.95. The van der Waals surface area contributed by atoms with Crippen LogP contribution in [-0.2, 0) is 4.79 Å². The summed E-state index contributed by atoms with van der Waals surface area (Å²) < 4.78 is 4.66. The van der Waals surface area contributed by atoms with Crippen LogP contribution in [0.15, 0.2) is 16.8 Å². The van der Waals surface area contributed by atoms with Gasteiger partial charge in [-0.25, -0.2) is 4.63 Å². The molecule has 0 unspecified atom stereocenters. The molecule has 1 aromatic heterocycles. The maximum atomic E-state index is 11.4. The minimum absolute atomic E-state index is 0.102. The van der Waals surface area contributed by atoms with Gasteiger partial charge in [-0.05, 0) is 36.1 Å². The molecule has 110 valence electrons. The highest BCUT2D eigenvalue weighted by Crippen LogP contribution is 2.33. The first-order valence-electron chi connectivity index (χ1n) is 6.73. The predicted molar refractivity (Wildman–Crippen MR) is 74.1 cm³/mol. The quantitative estimate of drug-likeness (QED) is 0.628.